The van der Waals surface area contributed by atoms with Crippen LogP contribution in [-0.4, -0.2) is 37.7 Å². The van der Waals surface area contributed by atoms with E-state index in [4.69, 9.17) is 10.8 Å². The van der Waals surface area contributed by atoms with Gasteiger partial charge in [0.1, 0.15) is 11.8 Å². The average molecular weight is 624 g/mol. The first-order valence-corrected chi connectivity index (χ1v) is 15.5. The summed E-state index contributed by atoms with van der Waals surface area (Å²) >= 11 is 0. The number of nitrogens with zero attached hydrogens (tertiary/aromatic N) is 3. The third kappa shape index (κ3) is 7.23. The minimum atomic E-state index is -0.927. The van der Waals surface area contributed by atoms with Gasteiger partial charge < -0.3 is 16.2 Å². The lowest BCUT2D eigenvalue weighted by Crippen LogP contribution is -2.45. The number of para-hydroxylation sites is 1. The second-order valence-corrected chi connectivity index (χ2v) is 12.8. The van der Waals surface area contributed by atoms with Crippen LogP contribution >= 0.6 is 0 Å². The Morgan fingerprint density at radius 3 is 2.30 bits per heavy atom. The third-order valence-corrected chi connectivity index (χ3v) is 8.26. The topological polar surface area (TPSA) is 123 Å². The number of carbonyl (C=O) groups excluding carboxylic acids is 2. The van der Waals surface area contributed by atoms with Crippen LogP contribution in [0.5, 0.6) is 5.75 Å². The number of rotatable bonds is 9. The fourth-order valence-corrected chi connectivity index (χ4v) is 5.56. The van der Waals surface area contributed by atoms with Crippen LogP contribution in [0.15, 0.2) is 115 Å². The van der Waals surface area contributed by atoms with Crippen molar-refractivity contribution in [2.24, 2.45) is 5.73 Å². The molecule has 0 aliphatic carbocycles. The molecule has 0 bridgehead atoms. The van der Waals surface area contributed by atoms with Gasteiger partial charge in [0.15, 0.2) is 0 Å². The summed E-state index contributed by atoms with van der Waals surface area (Å²) in [5.74, 6) is -0.949. The van der Waals surface area contributed by atoms with Gasteiger partial charge in [-0.2, -0.15) is 5.10 Å². The van der Waals surface area contributed by atoms with E-state index in [2.05, 4.69) is 61.4 Å². The first-order valence-electron chi connectivity index (χ1n) is 15.5. The maximum atomic E-state index is 13.4. The molecular weight excluding hydrogens is 586 g/mol. The van der Waals surface area contributed by atoms with Crippen LogP contribution in [0.4, 0.5) is 0 Å². The fraction of sp³-hybridized carbons (Fsp3) is 0.179. The normalized spacial score (nSPS) is 12.1. The summed E-state index contributed by atoms with van der Waals surface area (Å²) in [4.78, 5) is 30.4. The number of phenolic OH excluding ortho intramolecular Hbond substituents is 1. The van der Waals surface area contributed by atoms with E-state index in [1.165, 1.54) is 17.7 Å². The van der Waals surface area contributed by atoms with Crippen molar-refractivity contribution >= 4 is 22.7 Å². The molecule has 2 amide bonds. The molecule has 0 radical (unpaired) electrons. The van der Waals surface area contributed by atoms with Gasteiger partial charge in [-0.1, -0.05) is 87.5 Å². The molecular formula is C39H37N5O3. The highest BCUT2D eigenvalue weighted by atomic mass is 16.3. The Balaban J connectivity index is 1.33. The van der Waals surface area contributed by atoms with Crippen LogP contribution in [0, 0.1) is 0 Å². The molecule has 0 aliphatic rings. The Kier molecular flexibility index (Phi) is 8.59. The molecule has 236 valence electrons. The van der Waals surface area contributed by atoms with Crippen molar-refractivity contribution in [2.75, 3.05) is 0 Å². The number of aromatic hydroxyl groups is 1. The molecule has 1 atom stereocenters. The van der Waals surface area contributed by atoms with E-state index >= 15 is 0 Å². The van der Waals surface area contributed by atoms with Gasteiger partial charge in [-0.25, -0.2) is 0 Å². The summed E-state index contributed by atoms with van der Waals surface area (Å²) in [6, 6.07) is 33.4. The molecule has 0 aliphatic heterocycles. The van der Waals surface area contributed by atoms with Crippen LogP contribution in [-0.2, 0) is 23.2 Å². The number of hydrogen-bond acceptors (Lipinski definition) is 5. The van der Waals surface area contributed by atoms with Crippen LogP contribution in [0.25, 0.3) is 33.4 Å². The Labute approximate surface area is 273 Å². The summed E-state index contributed by atoms with van der Waals surface area (Å²) in [5, 5.41) is 18.4. The number of primary amides is 1. The summed E-state index contributed by atoms with van der Waals surface area (Å²) < 4.78 is 1.95. The Hall–Kier alpha value is -5.76. The van der Waals surface area contributed by atoms with Gasteiger partial charge in [0.25, 0.3) is 5.91 Å². The highest BCUT2D eigenvalue weighted by molar-refractivity contribution is 5.98. The smallest absolute Gasteiger partial charge is 0.251 e. The molecule has 0 saturated heterocycles. The van der Waals surface area contributed by atoms with Crippen molar-refractivity contribution in [1.29, 1.82) is 0 Å². The number of fused-ring (bicyclic) bond motifs is 1. The minimum Gasteiger partial charge on any atom is -0.508 e. The number of phenols is 1. The SMILES string of the molecule is CC(C)(C)c1ccc(Cn2nc(-c3cnc4ccccc4c3)cc2-c2cccc(C(=O)NC(Cc3ccc(O)cc3)C(N)=O)c2)cc1. The van der Waals surface area contributed by atoms with E-state index in [-0.39, 0.29) is 17.6 Å². The van der Waals surface area contributed by atoms with Crippen LogP contribution < -0.4 is 11.1 Å². The number of pyridine rings is 1. The van der Waals surface area contributed by atoms with E-state index in [1.54, 1.807) is 24.3 Å². The number of nitrogens with two attached hydrogens (primary N) is 1. The molecule has 4 N–H and O–H groups in total. The summed E-state index contributed by atoms with van der Waals surface area (Å²) in [6.07, 6.45) is 2.03. The van der Waals surface area contributed by atoms with Gasteiger partial charge in [-0.05, 0) is 64.6 Å². The molecule has 0 fully saturated rings. The lowest BCUT2D eigenvalue weighted by Gasteiger charge is -2.19. The number of amides is 2. The first kappa shape index (κ1) is 31.2. The number of hydrogen-bond donors (Lipinski definition) is 3. The highest BCUT2D eigenvalue weighted by Gasteiger charge is 2.21. The second kappa shape index (κ2) is 12.9. The van der Waals surface area contributed by atoms with Gasteiger partial charge in [0, 0.05) is 34.7 Å². The van der Waals surface area contributed by atoms with Gasteiger partial charge in [-0.3, -0.25) is 19.3 Å². The Morgan fingerprint density at radius 2 is 1.57 bits per heavy atom. The zero-order valence-electron chi connectivity index (χ0n) is 26.6. The second-order valence-electron chi connectivity index (χ2n) is 12.8. The van der Waals surface area contributed by atoms with Gasteiger partial charge in [-0.15, -0.1) is 0 Å². The minimum absolute atomic E-state index is 0.0459. The van der Waals surface area contributed by atoms with Crippen molar-refractivity contribution in [1.82, 2.24) is 20.1 Å². The predicted octanol–water partition coefficient (Wildman–Crippen LogP) is 6.64. The van der Waals surface area contributed by atoms with E-state index in [1.807, 2.05) is 53.3 Å². The van der Waals surface area contributed by atoms with Crippen molar-refractivity contribution < 1.29 is 14.7 Å². The third-order valence-electron chi connectivity index (χ3n) is 8.26. The lowest BCUT2D eigenvalue weighted by molar-refractivity contribution is -0.119. The van der Waals surface area contributed by atoms with Crippen LogP contribution in [0.3, 0.4) is 0 Å². The maximum Gasteiger partial charge on any atom is 0.251 e. The van der Waals surface area contributed by atoms with Crippen LogP contribution in [0.2, 0.25) is 0 Å². The number of benzene rings is 4. The monoisotopic (exact) mass is 623 g/mol. The molecule has 6 rings (SSSR count). The number of nitrogens with one attached hydrogen (secondary N) is 1. The average Bonchev–Trinajstić information content (AvgIpc) is 3.48. The zero-order chi connectivity index (χ0) is 33.1. The predicted molar refractivity (Wildman–Crippen MR) is 185 cm³/mol. The van der Waals surface area contributed by atoms with Crippen molar-refractivity contribution in [2.45, 2.75) is 45.2 Å². The number of aromatic nitrogens is 3. The molecule has 0 saturated carbocycles. The lowest BCUT2D eigenvalue weighted by atomic mass is 9.87. The quantitative estimate of drug-likeness (QED) is 0.167. The molecule has 0 spiro atoms. The van der Waals surface area contributed by atoms with E-state index in [0.717, 1.165) is 44.5 Å². The standard InChI is InChI=1S/C39H37N5O3/c1-39(2,3)31-15-11-26(12-16-31)24-44-36(22-34(43-44)30-20-27-7-4-5-10-33(27)41-23-30)28-8-6-9-29(21-28)38(47)42-35(37(40)46)19-25-13-17-32(45)18-14-25/h4-18,20-23,35,45H,19,24H2,1-3H3,(H2,40,46)(H,42,47). The molecule has 2 aromatic heterocycles. The number of carbonyl (C=O) groups is 2. The van der Waals surface area contributed by atoms with Crippen molar-refractivity contribution in [3.8, 4) is 28.3 Å². The van der Waals surface area contributed by atoms with Gasteiger partial charge in [0.2, 0.25) is 5.91 Å². The molecule has 2 heterocycles. The van der Waals surface area contributed by atoms with Gasteiger partial charge >= 0.3 is 0 Å². The van der Waals surface area contributed by atoms with E-state index < -0.39 is 17.9 Å². The summed E-state index contributed by atoms with van der Waals surface area (Å²) in [5.41, 5.74) is 13.4. The maximum absolute atomic E-state index is 13.4. The van der Waals surface area contributed by atoms with Crippen molar-refractivity contribution in [3.63, 3.8) is 0 Å². The first-order chi connectivity index (χ1) is 22.5. The van der Waals surface area contributed by atoms with E-state index in [9.17, 15) is 14.7 Å². The van der Waals surface area contributed by atoms with Gasteiger partial charge in [0.05, 0.1) is 23.4 Å². The fourth-order valence-electron chi connectivity index (χ4n) is 5.56. The Morgan fingerprint density at radius 1 is 0.851 bits per heavy atom. The van der Waals surface area contributed by atoms with Crippen LogP contribution in [0.1, 0.15) is 47.8 Å². The summed E-state index contributed by atoms with van der Waals surface area (Å²) in [7, 11) is 0. The van der Waals surface area contributed by atoms with Crippen molar-refractivity contribution in [3.05, 3.63) is 138 Å². The molecule has 8 nitrogen and oxygen atoms in total. The molecule has 6 aromatic rings. The Bertz CT molecular complexity index is 2060. The van der Waals surface area contributed by atoms with E-state index in [0.29, 0.717) is 12.1 Å². The molecule has 47 heavy (non-hydrogen) atoms. The highest BCUT2D eigenvalue weighted by Crippen LogP contribution is 2.30. The summed E-state index contributed by atoms with van der Waals surface area (Å²) in [6.45, 7) is 7.10. The zero-order valence-corrected chi connectivity index (χ0v) is 26.6. The molecule has 1 unspecified atom stereocenters. The molecule has 4 aromatic carbocycles. The largest absolute Gasteiger partial charge is 0.508 e. The molecule has 8 heteroatoms.